The van der Waals surface area contributed by atoms with Crippen molar-refractivity contribution in [3.8, 4) is 0 Å². The average Bonchev–Trinajstić information content (AvgIpc) is 2.73. The summed E-state index contributed by atoms with van der Waals surface area (Å²) in [6, 6.07) is 14.6. The van der Waals surface area contributed by atoms with Gasteiger partial charge in [0.2, 0.25) is 0 Å². The molecule has 0 unspecified atom stereocenters. The second-order valence-corrected chi connectivity index (χ2v) is 5.95. The van der Waals surface area contributed by atoms with Crippen molar-refractivity contribution < 1.29 is 9.59 Å². The van der Waals surface area contributed by atoms with E-state index in [2.05, 4.69) is 0 Å². The van der Waals surface area contributed by atoms with Crippen LogP contribution in [-0.2, 0) is 0 Å². The fourth-order valence-electron chi connectivity index (χ4n) is 2.16. The Kier molecular flexibility index (Phi) is 3.43. The van der Waals surface area contributed by atoms with Crippen molar-refractivity contribution >= 4 is 29.4 Å². The number of rotatable bonds is 3. The third-order valence-electron chi connectivity index (χ3n) is 3.31. The van der Waals surface area contributed by atoms with Crippen LogP contribution in [-0.4, -0.2) is 30.2 Å². The maximum atomic E-state index is 12.3. The third kappa shape index (κ3) is 2.40. The Balaban J connectivity index is 1.83. The molecule has 0 saturated heterocycles. The van der Waals surface area contributed by atoms with E-state index >= 15 is 0 Å². The van der Waals surface area contributed by atoms with Crippen LogP contribution in [0.4, 0.5) is 5.69 Å². The van der Waals surface area contributed by atoms with Gasteiger partial charge in [-0.15, -0.1) is 0 Å². The lowest BCUT2D eigenvalue weighted by Crippen LogP contribution is -2.21. The summed E-state index contributed by atoms with van der Waals surface area (Å²) in [6.07, 6.45) is 0. The topological polar surface area (TPSA) is 40.6 Å². The van der Waals surface area contributed by atoms with Crippen LogP contribution in [0.1, 0.15) is 20.7 Å². The summed E-state index contributed by atoms with van der Waals surface area (Å²) >= 11 is 1.16. The minimum absolute atomic E-state index is 0.253. The Morgan fingerprint density at radius 2 is 1.38 bits per heavy atom. The monoisotopic (exact) mass is 298 g/mol. The van der Waals surface area contributed by atoms with Crippen LogP contribution >= 0.6 is 11.9 Å². The second kappa shape index (κ2) is 5.26. The minimum Gasteiger partial charge on any atom is -0.378 e. The molecule has 0 saturated carbocycles. The molecule has 0 aliphatic carbocycles. The maximum absolute atomic E-state index is 12.3. The van der Waals surface area contributed by atoms with Gasteiger partial charge in [0.15, 0.2) is 0 Å². The molecule has 4 nitrogen and oxygen atoms in total. The highest BCUT2D eigenvalue weighted by Crippen LogP contribution is 2.33. The normalized spacial score (nSPS) is 13.5. The van der Waals surface area contributed by atoms with Crippen LogP contribution in [0.25, 0.3) is 0 Å². The molecule has 106 valence electrons. The lowest BCUT2D eigenvalue weighted by Gasteiger charge is -2.15. The average molecular weight is 298 g/mol. The second-order valence-electron chi connectivity index (χ2n) is 4.93. The highest BCUT2D eigenvalue weighted by atomic mass is 32.2. The number of fused-ring (bicyclic) bond motifs is 1. The number of benzene rings is 2. The van der Waals surface area contributed by atoms with Gasteiger partial charge in [0.05, 0.1) is 11.1 Å². The van der Waals surface area contributed by atoms with E-state index in [0.717, 1.165) is 22.5 Å². The smallest absolute Gasteiger partial charge is 0.272 e. The van der Waals surface area contributed by atoms with Crippen LogP contribution in [0.3, 0.4) is 0 Å². The van der Waals surface area contributed by atoms with Crippen LogP contribution in [0.2, 0.25) is 0 Å². The van der Waals surface area contributed by atoms with Gasteiger partial charge in [-0.3, -0.25) is 9.59 Å². The molecule has 1 aliphatic rings. The highest BCUT2D eigenvalue weighted by Gasteiger charge is 2.36. The van der Waals surface area contributed by atoms with Crippen molar-refractivity contribution in [2.45, 2.75) is 4.90 Å². The number of amides is 2. The molecule has 2 aromatic rings. The molecule has 1 aliphatic heterocycles. The van der Waals surface area contributed by atoms with E-state index in [1.807, 2.05) is 43.3 Å². The third-order valence-corrected chi connectivity index (χ3v) is 4.30. The molecule has 5 heteroatoms. The summed E-state index contributed by atoms with van der Waals surface area (Å²) in [5.41, 5.74) is 2.02. The minimum atomic E-state index is -0.253. The van der Waals surface area contributed by atoms with Crippen LogP contribution in [0.5, 0.6) is 0 Å². The first-order valence-electron chi connectivity index (χ1n) is 6.51. The van der Waals surface area contributed by atoms with Crippen molar-refractivity contribution in [1.29, 1.82) is 0 Å². The molecule has 3 rings (SSSR count). The summed E-state index contributed by atoms with van der Waals surface area (Å²) in [7, 11) is 3.93. The molecule has 1 heterocycles. The van der Waals surface area contributed by atoms with Gasteiger partial charge in [0.1, 0.15) is 0 Å². The summed E-state index contributed by atoms with van der Waals surface area (Å²) < 4.78 is 1.22. The van der Waals surface area contributed by atoms with E-state index in [1.165, 1.54) is 4.31 Å². The summed E-state index contributed by atoms with van der Waals surface area (Å²) in [5, 5.41) is 0. The van der Waals surface area contributed by atoms with E-state index < -0.39 is 0 Å². The van der Waals surface area contributed by atoms with Gasteiger partial charge in [-0.25, -0.2) is 4.31 Å². The van der Waals surface area contributed by atoms with Crippen molar-refractivity contribution in [3.05, 3.63) is 59.7 Å². The lowest BCUT2D eigenvalue weighted by atomic mass is 10.1. The Morgan fingerprint density at radius 1 is 0.857 bits per heavy atom. The first-order valence-corrected chi connectivity index (χ1v) is 7.28. The molecule has 0 fully saturated rings. The Morgan fingerprint density at radius 3 is 1.86 bits per heavy atom. The molecule has 0 radical (unpaired) electrons. The Labute approximate surface area is 127 Å². The molecule has 2 amide bonds. The van der Waals surface area contributed by atoms with Crippen LogP contribution in [0, 0.1) is 0 Å². The molecule has 21 heavy (non-hydrogen) atoms. The number of hydrogen-bond donors (Lipinski definition) is 0. The fraction of sp³-hybridized carbons (Fsp3) is 0.125. The molecule has 0 bridgehead atoms. The van der Waals surface area contributed by atoms with Gasteiger partial charge in [0, 0.05) is 24.7 Å². The number of carbonyl (C=O) groups excluding carboxylic acids is 2. The zero-order chi connectivity index (χ0) is 15.0. The molecular formula is C16H14N2O2S. The molecule has 0 atom stereocenters. The predicted molar refractivity (Wildman–Crippen MR) is 83.6 cm³/mol. The van der Waals surface area contributed by atoms with E-state index in [9.17, 15) is 9.59 Å². The van der Waals surface area contributed by atoms with E-state index in [1.54, 1.807) is 24.3 Å². The van der Waals surface area contributed by atoms with Crippen LogP contribution < -0.4 is 4.90 Å². The van der Waals surface area contributed by atoms with Crippen molar-refractivity contribution in [3.63, 3.8) is 0 Å². The van der Waals surface area contributed by atoms with Gasteiger partial charge in [-0.05, 0) is 48.3 Å². The Bertz CT molecular complexity index is 675. The number of nitrogens with zero attached hydrogens (tertiary/aromatic N) is 2. The number of anilines is 1. The fourth-order valence-corrected chi connectivity index (χ4v) is 2.99. The zero-order valence-corrected chi connectivity index (χ0v) is 12.6. The van der Waals surface area contributed by atoms with Gasteiger partial charge >= 0.3 is 0 Å². The molecule has 0 spiro atoms. The summed E-state index contributed by atoms with van der Waals surface area (Å²) in [6.45, 7) is 0. The van der Waals surface area contributed by atoms with Gasteiger partial charge < -0.3 is 4.90 Å². The van der Waals surface area contributed by atoms with E-state index in [0.29, 0.717) is 11.1 Å². The maximum Gasteiger partial charge on any atom is 0.272 e. The standard InChI is InChI=1S/C16H14N2O2S/c1-17(2)11-7-9-12(10-8-11)21-18-15(19)13-5-3-4-6-14(13)16(18)20/h3-10H,1-2H3. The van der Waals surface area contributed by atoms with E-state index in [4.69, 9.17) is 0 Å². The zero-order valence-electron chi connectivity index (χ0n) is 11.7. The van der Waals surface area contributed by atoms with Gasteiger partial charge in [-0.1, -0.05) is 12.1 Å². The molecule has 0 aromatic heterocycles. The number of carbonyl (C=O) groups is 2. The van der Waals surface area contributed by atoms with Crippen molar-refractivity contribution in [2.75, 3.05) is 19.0 Å². The van der Waals surface area contributed by atoms with Crippen LogP contribution in [0.15, 0.2) is 53.4 Å². The molecule has 0 N–H and O–H groups in total. The number of hydrogen-bond acceptors (Lipinski definition) is 4. The highest BCUT2D eigenvalue weighted by molar-refractivity contribution is 7.98. The Hall–Kier alpha value is -2.27. The first-order chi connectivity index (χ1) is 10.1. The van der Waals surface area contributed by atoms with Crippen molar-refractivity contribution in [1.82, 2.24) is 4.31 Å². The summed E-state index contributed by atoms with van der Waals surface area (Å²) in [5.74, 6) is -0.505. The quantitative estimate of drug-likeness (QED) is 0.645. The molecular weight excluding hydrogens is 284 g/mol. The van der Waals surface area contributed by atoms with Crippen molar-refractivity contribution in [2.24, 2.45) is 0 Å². The lowest BCUT2D eigenvalue weighted by molar-refractivity contribution is 0.0777. The van der Waals surface area contributed by atoms with E-state index in [-0.39, 0.29) is 11.8 Å². The van der Waals surface area contributed by atoms with Gasteiger partial charge in [0.25, 0.3) is 11.8 Å². The number of imide groups is 1. The molecule has 2 aromatic carbocycles. The SMILES string of the molecule is CN(C)c1ccc(SN2C(=O)c3ccccc3C2=O)cc1. The largest absolute Gasteiger partial charge is 0.378 e. The predicted octanol–water partition coefficient (Wildman–Crippen LogP) is 3.06. The van der Waals surface area contributed by atoms with Gasteiger partial charge in [-0.2, -0.15) is 0 Å². The first kappa shape index (κ1) is 13.7. The summed E-state index contributed by atoms with van der Waals surface area (Å²) in [4.78, 5) is 27.4.